The van der Waals surface area contributed by atoms with Gasteiger partial charge in [0.05, 0.1) is 0 Å². The maximum absolute atomic E-state index is 2.48. The molecule has 0 bridgehead atoms. The predicted molar refractivity (Wildman–Crippen MR) is 292 cm³/mol. The minimum absolute atomic E-state index is 0.0671. The standard InChI is InChI=1S/C69H54/c1-67(2)61-23-15-13-21-55(61)57-29-25-45(39-63(57)67)51-33-49(43-17-9-7-10-18-43)35-53(37-51)47-27-31-59-60-32-28-48(42-66(60)69(5,6)65(59)41-47)54-36-50(44-19-11-8-12-20-44)34-52(38-54)46-26-30-58-56-22-14-16-24-62(56)68(3,4)64(58)40-46/h7-42H,1-6H3. The topological polar surface area (TPSA) is 0 Å². The molecule has 0 spiro atoms. The van der Waals surface area contributed by atoms with E-state index in [2.05, 4.69) is 260 Å². The molecule has 13 rings (SSSR count). The molecule has 0 N–H and O–H groups in total. The fourth-order valence-corrected chi connectivity index (χ4v) is 12.4. The number of benzene rings is 10. The average Bonchev–Trinajstić information content (AvgIpc) is 3.87. The molecular weight excluding hydrogens is 829 g/mol. The predicted octanol–water partition coefficient (Wildman–Crippen LogP) is 18.6. The maximum atomic E-state index is 2.48. The summed E-state index contributed by atoms with van der Waals surface area (Å²) in [5, 5.41) is 0. The van der Waals surface area contributed by atoms with Crippen LogP contribution >= 0.6 is 0 Å². The maximum Gasteiger partial charge on any atom is 0.0159 e. The molecule has 0 heterocycles. The van der Waals surface area contributed by atoms with Crippen molar-refractivity contribution >= 4 is 0 Å². The van der Waals surface area contributed by atoms with E-state index in [-0.39, 0.29) is 16.2 Å². The van der Waals surface area contributed by atoms with Gasteiger partial charge in [-0.05, 0) is 194 Å². The van der Waals surface area contributed by atoms with E-state index in [1.807, 2.05) is 0 Å². The van der Waals surface area contributed by atoms with Crippen molar-refractivity contribution in [1.82, 2.24) is 0 Å². The minimum atomic E-state index is -0.211. The molecule has 69 heavy (non-hydrogen) atoms. The summed E-state index contributed by atoms with van der Waals surface area (Å²) >= 11 is 0. The molecule has 0 aliphatic heterocycles. The molecule has 0 aromatic heterocycles. The van der Waals surface area contributed by atoms with Gasteiger partial charge in [-0.3, -0.25) is 0 Å². The van der Waals surface area contributed by atoms with Crippen LogP contribution in [-0.4, -0.2) is 0 Å². The lowest BCUT2D eigenvalue weighted by Gasteiger charge is -2.23. The SMILES string of the molecule is CC1(C)c2ccccc2-c2ccc(-c3cc(-c4ccccc4)cc(-c4ccc5c(c4)C(C)(C)c4cc(-c6cc(-c7ccccc7)cc(-c7ccc8c(c7)C(C)(C)c7ccccc7-8)c6)ccc4-5)c3)cc21. The fraction of sp³-hybridized carbons (Fsp3) is 0.130. The molecule has 0 atom stereocenters. The second-order valence-corrected chi connectivity index (χ2v) is 21.3. The number of hydrogen-bond acceptors (Lipinski definition) is 0. The normalized spacial score (nSPS) is 14.9. The van der Waals surface area contributed by atoms with E-state index >= 15 is 0 Å². The van der Waals surface area contributed by atoms with Crippen molar-refractivity contribution in [2.24, 2.45) is 0 Å². The lowest BCUT2D eigenvalue weighted by molar-refractivity contribution is 0.660. The lowest BCUT2D eigenvalue weighted by atomic mass is 9.80. The molecule has 0 saturated heterocycles. The zero-order chi connectivity index (χ0) is 46.8. The van der Waals surface area contributed by atoms with Crippen LogP contribution in [0.2, 0.25) is 0 Å². The highest BCUT2D eigenvalue weighted by molar-refractivity contribution is 5.91. The molecule has 0 radical (unpaired) electrons. The minimum Gasteiger partial charge on any atom is -0.0622 e. The Bertz CT molecular complexity index is 3480. The van der Waals surface area contributed by atoms with Crippen LogP contribution in [-0.2, 0) is 16.2 Å². The Kier molecular flexibility index (Phi) is 9.06. The smallest absolute Gasteiger partial charge is 0.0159 e. The molecule has 0 fully saturated rings. The Labute approximate surface area is 407 Å². The van der Waals surface area contributed by atoms with Gasteiger partial charge < -0.3 is 0 Å². The van der Waals surface area contributed by atoms with Crippen LogP contribution < -0.4 is 0 Å². The van der Waals surface area contributed by atoms with E-state index in [1.165, 1.54) is 134 Å². The Morgan fingerprint density at radius 2 is 0.406 bits per heavy atom. The molecule has 0 nitrogen and oxygen atoms in total. The molecule has 0 saturated carbocycles. The van der Waals surface area contributed by atoms with Gasteiger partial charge in [0.15, 0.2) is 0 Å². The highest BCUT2D eigenvalue weighted by atomic mass is 14.4. The van der Waals surface area contributed by atoms with Crippen LogP contribution in [0.1, 0.15) is 74.9 Å². The van der Waals surface area contributed by atoms with Crippen molar-refractivity contribution in [3.63, 3.8) is 0 Å². The van der Waals surface area contributed by atoms with Crippen molar-refractivity contribution < 1.29 is 0 Å². The van der Waals surface area contributed by atoms with Crippen molar-refractivity contribution in [1.29, 1.82) is 0 Å². The van der Waals surface area contributed by atoms with Crippen molar-refractivity contribution in [2.75, 3.05) is 0 Å². The summed E-state index contributed by atoms with van der Waals surface area (Å²) in [5.41, 5.74) is 30.9. The second-order valence-electron chi connectivity index (χ2n) is 21.3. The molecule has 0 amide bonds. The molecule has 0 heteroatoms. The van der Waals surface area contributed by atoms with Gasteiger partial charge in [0.2, 0.25) is 0 Å². The van der Waals surface area contributed by atoms with Gasteiger partial charge in [-0.25, -0.2) is 0 Å². The molecular formula is C69H54. The summed E-state index contributed by atoms with van der Waals surface area (Å²) in [5.74, 6) is 0. The largest absolute Gasteiger partial charge is 0.0622 e. The van der Waals surface area contributed by atoms with Gasteiger partial charge in [0.1, 0.15) is 0 Å². The van der Waals surface area contributed by atoms with Crippen LogP contribution in [0.25, 0.3) is 100 Å². The Morgan fingerprint density at radius 3 is 0.710 bits per heavy atom. The van der Waals surface area contributed by atoms with Gasteiger partial charge in [-0.2, -0.15) is 0 Å². The van der Waals surface area contributed by atoms with Gasteiger partial charge in [-0.15, -0.1) is 0 Å². The van der Waals surface area contributed by atoms with Crippen LogP contribution in [0.4, 0.5) is 0 Å². The first kappa shape index (κ1) is 41.4. The van der Waals surface area contributed by atoms with E-state index in [1.54, 1.807) is 0 Å². The summed E-state index contributed by atoms with van der Waals surface area (Å²) < 4.78 is 0. The summed E-state index contributed by atoms with van der Waals surface area (Å²) in [6.07, 6.45) is 0. The van der Waals surface area contributed by atoms with E-state index < -0.39 is 0 Å². The quantitative estimate of drug-likeness (QED) is 0.156. The van der Waals surface area contributed by atoms with Gasteiger partial charge in [0.25, 0.3) is 0 Å². The summed E-state index contributed by atoms with van der Waals surface area (Å²) in [6.45, 7) is 14.3. The fourth-order valence-electron chi connectivity index (χ4n) is 12.4. The van der Waals surface area contributed by atoms with Gasteiger partial charge in [0, 0.05) is 16.2 Å². The van der Waals surface area contributed by atoms with E-state index in [4.69, 9.17) is 0 Å². The number of fused-ring (bicyclic) bond motifs is 9. The second kappa shape index (κ2) is 15.1. The zero-order valence-electron chi connectivity index (χ0n) is 40.3. The van der Waals surface area contributed by atoms with Crippen molar-refractivity contribution in [3.05, 3.63) is 252 Å². The first-order chi connectivity index (χ1) is 33.4. The average molecular weight is 883 g/mol. The third-order valence-electron chi connectivity index (χ3n) is 16.3. The Hall–Kier alpha value is -7.80. The number of rotatable bonds is 6. The van der Waals surface area contributed by atoms with Crippen molar-refractivity contribution in [3.8, 4) is 100 Å². The number of hydrogen-bond donors (Lipinski definition) is 0. The first-order valence-corrected chi connectivity index (χ1v) is 24.6. The molecule has 3 aliphatic carbocycles. The highest BCUT2D eigenvalue weighted by Crippen LogP contribution is 2.54. The van der Waals surface area contributed by atoms with Gasteiger partial charge >= 0.3 is 0 Å². The third kappa shape index (κ3) is 6.42. The van der Waals surface area contributed by atoms with Gasteiger partial charge in [-0.1, -0.05) is 199 Å². The van der Waals surface area contributed by atoms with Crippen molar-refractivity contribution in [2.45, 2.75) is 57.8 Å². The molecule has 330 valence electrons. The summed E-state index contributed by atoms with van der Waals surface area (Å²) in [4.78, 5) is 0. The first-order valence-electron chi connectivity index (χ1n) is 24.6. The van der Waals surface area contributed by atoms with Crippen LogP contribution in [0.3, 0.4) is 0 Å². The molecule has 10 aromatic carbocycles. The monoisotopic (exact) mass is 882 g/mol. The zero-order valence-corrected chi connectivity index (χ0v) is 40.3. The van der Waals surface area contributed by atoms with Crippen LogP contribution in [0.15, 0.2) is 218 Å². The molecule has 10 aromatic rings. The Morgan fingerprint density at radius 1 is 0.174 bits per heavy atom. The van der Waals surface area contributed by atoms with E-state index in [0.29, 0.717) is 0 Å². The molecule has 0 unspecified atom stereocenters. The summed E-state index contributed by atoms with van der Waals surface area (Å²) in [7, 11) is 0. The Balaban J connectivity index is 0.892. The van der Waals surface area contributed by atoms with Crippen LogP contribution in [0, 0.1) is 0 Å². The van der Waals surface area contributed by atoms with Crippen LogP contribution in [0.5, 0.6) is 0 Å². The van der Waals surface area contributed by atoms with E-state index in [0.717, 1.165) is 0 Å². The lowest BCUT2D eigenvalue weighted by Crippen LogP contribution is -2.15. The third-order valence-corrected chi connectivity index (χ3v) is 16.3. The molecule has 3 aliphatic rings. The van der Waals surface area contributed by atoms with E-state index in [9.17, 15) is 0 Å². The summed E-state index contributed by atoms with van der Waals surface area (Å²) in [6, 6.07) is 82.6. The highest BCUT2D eigenvalue weighted by Gasteiger charge is 2.38.